The van der Waals surface area contributed by atoms with E-state index in [1.807, 2.05) is 0 Å². The number of aliphatic carboxylic acids is 2. The van der Waals surface area contributed by atoms with Gasteiger partial charge in [0.2, 0.25) is 10.0 Å². The average molecular weight is 391 g/mol. The van der Waals surface area contributed by atoms with Crippen LogP contribution in [0.5, 0.6) is 0 Å². The Hall–Kier alpha value is -2.71. The summed E-state index contributed by atoms with van der Waals surface area (Å²) in [5, 5.41) is 18.8. The summed E-state index contributed by atoms with van der Waals surface area (Å²) in [7, 11) is -4.17. The maximum atomic E-state index is 12.8. The Morgan fingerprint density at radius 1 is 1.00 bits per heavy atom. The molecule has 2 rings (SSSR count). The fourth-order valence-corrected chi connectivity index (χ4v) is 4.09. The van der Waals surface area contributed by atoms with Crippen LogP contribution in [0.15, 0.2) is 59.5 Å². The molecule has 7 nitrogen and oxygen atoms in total. The van der Waals surface area contributed by atoms with Gasteiger partial charge in [0.05, 0.1) is 4.90 Å². The van der Waals surface area contributed by atoms with Gasteiger partial charge in [-0.15, -0.1) is 0 Å². The molecule has 3 N–H and O–H groups in total. The lowest BCUT2D eigenvalue weighted by Crippen LogP contribution is -2.56. The molecule has 0 aliphatic rings. The first kappa shape index (κ1) is 20.6. The number of aryl methyl sites for hydroxylation is 1. The van der Waals surface area contributed by atoms with Gasteiger partial charge in [-0.1, -0.05) is 48.0 Å². The quantitative estimate of drug-likeness (QED) is 0.603. The number of rotatable bonds is 9. The van der Waals surface area contributed by atoms with Crippen molar-refractivity contribution in [2.45, 2.75) is 36.6 Å². The molecule has 0 radical (unpaired) electrons. The molecule has 0 heterocycles. The van der Waals surface area contributed by atoms with Gasteiger partial charge in [-0.3, -0.25) is 9.59 Å². The van der Waals surface area contributed by atoms with Gasteiger partial charge in [-0.25, -0.2) is 8.42 Å². The van der Waals surface area contributed by atoms with E-state index in [0.29, 0.717) is 5.56 Å². The number of nitrogens with one attached hydrogen (secondary N) is 1. The van der Waals surface area contributed by atoms with E-state index in [1.165, 1.54) is 12.1 Å². The van der Waals surface area contributed by atoms with E-state index in [9.17, 15) is 23.1 Å². The fraction of sp³-hybridized carbons (Fsp3) is 0.263. The van der Waals surface area contributed by atoms with Gasteiger partial charge in [-0.2, -0.15) is 4.72 Å². The smallest absolute Gasteiger partial charge is 0.325 e. The molecule has 0 amide bonds. The molecule has 0 fully saturated rings. The van der Waals surface area contributed by atoms with E-state index >= 15 is 0 Å². The zero-order chi connectivity index (χ0) is 20.1. The largest absolute Gasteiger partial charge is 0.481 e. The van der Waals surface area contributed by atoms with Gasteiger partial charge in [0.15, 0.2) is 0 Å². The maximum absolute atomic E-state index is 12.8. The molecule has 0 aliphatic carbocycles. The highest BCUT2D eigenvalue weighted by Crippen LogP contribution is 2.24. The molecule has 0 aliphatic heterocycles. The van der Waals surface area contributed by atoms with Crippen molar-refractivity contribution in [1.82, 2.24) is 4.72 Å². The summed E-state index contributed by atoms with van der Waals surface area (Å²) in [4.78, 5) is 23.0. The first-order valence-electron chi connectivity index (χ1n) is 8.24. The Morgan fingerprint density at radius 2 is 1.59 bits per heavy atom. The van der Waals surface area contributed by atoms with Crippen molar-refractivity contribution in [3.8, 4) is 0 Å². The SMILES string of the molecule is Cc1ccc(S(=O)(=O)N[C@](CCC(=O)O)(Cc2ccccc2)C(=O)O)cc1. The normalized spacial score (nSPS) is 13.7. The summed E-state index contributed by atoms with van der Waals surface area (Å²) in [5.74, 6) is -2.63. The predicted molar refractivity (Wildman–Crippen MR) is 98.9 cm³/mol. The minimum Gasteiger partial charge on any atom is -0.481 e. The third-order valence-corrected chi connectivity index (χ3v) is 5.74. The Bertz CT molecular complexity index is 909. The Morgan fingerprint density at radius 3 is 2.11 bits per heavy atom. The zero-order valence-electron chi connectivity index (χ0n) is 14.8. The average Bonchev–Trinajstić information content (AvgIpc) is 2.60. The van der Waals surface area contributed by atoms with Crippen LogP contribution in [-0.2, 0) is 26.0 Å². The molecule has 0 saturated heterocycles. The minimum absolute atomic E-state index is 0.0814. The van der Waals surface area contributed by atoms with Crippen LogP contribution in [-0.4, -0.2) is 36.1 Å². The highest BCUT2D eigenvalue weighted by molar-refractivity contribution is 7.89. The molecule has 144 valence electrons. The first-order chi connectivity index (χ1) is 12.6. The number of hydrogen-bond acceptors (Lipinski definition) is 4. The molecule has 0 saturated carbocycles. The van der Waals surface area contributed by atoms with E-state index in [2.05, 4.69) is 4.72 Å². The lowest BCUT2D eigenvalue weighted by Gasteiger charge is -2.30. The molecular weight excluding hydrogens is 370 g/mol. The van der Waals surface area contributed by atoms with E-state index in [0.717, 1.165) is 5.56 Å². The standard InChI is InChI=1S/C19H21NO6S/c1-14-7-9-16(10-8-14)27(25,26)20-19(18(23)24,12-11-17(21)22)13-15-5-3-2-4-6-15/h2-10,20H,11-13H2,1H3,(H,21,22)(H,23,24)/t19-/m1/s1. The van der Waals surface area contributed by atoms with Crippen LogP contribution in [0, 0.1) is 6.92 Å². The highest BCUT2D eigenvalue weighted by atomic mass is 32.2. The Kier molecular flexibility index (Phi) is 6.35. The first-order valence-corrected chi connectivity index (χ1v) is 9.73. The van der Waals surface area contributed by atoms with E-state index in [-0.39, 0.29) is 11.3 Å². The molecule has 2 aromatic carbocycles. The van der Waals surface area contributed by atoms with Crippen LogP contribution in [0.1, 0.15) is 24.0 Å². The van der Waals surface area contributed by atoms with Crippen LogP contribution in [0.25, 0.3) is 0 Å². The Balaban J connectivity index is 2.44. The number of benzene rings is 2. The van der Waals surface area contributed by atoms with Crippen LogP contribution in [0.3, 0.4) is 0 Å². The molecule has 0 bridgehead atoms. The summed E-state index contributed by atoms with van der Waals surface area (Å²) in [5.41, 5.74) is -0.547. The van der Waals surface area contributed by atoms with E-state index < -0.39 is 40.3 Å². The maximum Gasteiger partial charge on any atom is 0.325 e. The monoisotopic (exact) mass is 391 g/mol. The predicted octanol–water partition coefficient (Wildman–Crippen LogP) is 2.20. The second-order valence-corrected chi connectivity index (χ2v) is 8.04. The topological polar surface area (TPSA) is 121 Å². The van der Waals surface area contributed by atoms with Crippen molar-refractivity contribution in [3.63, 3.8) is 0 Å². The Labute approximate surface area is 157 Å². The summed E-state index contributed by atoms with van der Waals surface area (Å²) in [6, 6.07) is 14.4. The second-order valence-electron chi connectivity index (χ2n) is 6.36. The summed E-state index contributed by atoms with van der Waals surface area (Å²) in [6.45, 7) is 1.80. The summed E-state index contributed by atoms with van der Waals surface area (Å²) in [6.07, 6.45) is -1.06. The van der Waals surface area contributed by atoms with Gasteiger partial charge in [0.1, 0.15) is 5.54 Å². The minimum atomic E-state index is -4.17. The van der Waals surface area contributed by atoms with Crippen LogP contribution in [0.4, 0.5) is 0 Å². The number of carboxylic acids is 2. The van der Waals surface area contributed by atoms with Crippen molar-refractivity contribution in [1.29, 1.82) is 0 Å². The molecule has 0 unspecified atom stereocenters. The van der Waals surface area contributed by atoms with Crippen molar-refractivity contribution in [3.05, 3.63) is 65.7 Å². The van der Waals surface area contributed by atoms with Gasteiger partial charge in [-0.05, 0) is 31.0 Å². The molecular formula is C19H21NO6S. The van der Waals surface area contributed by atoms with Crippen molar-refractivity contribution in [2.24, 2.45) is 0 Å². The number of hydrogen-bond donors (Lipinski definition) is 3. The number of carboxylic acid groups (broad SMARTS) is 2. The third kappa shape index (κ3) is 5.38. The van der Waals surface area contributed by atoms with E-state index in [4.69, 9.17) is 5.11 Å². The second kappa shape index (κ2) is 8.32. The highest BCUT2D eigenvalue weighted by Gasteiger charge is 2.43. The van der Waals surface area contributed by atoms with Crippen LogP contribution in [0.2, 0.25) is 0 Å². The van der Waals surface area contributed by atoms with Gasteiger partial charge in [0.25, 0.3) is 0 Å². The van der Waals surface area contributed by atoms with Gasteiger partial charge in [0, 0.05) is 12.8 Å². The van der Waals surface area contributed by atoms with Gasteiger partial charge >= 0.3 is 11.9 Å². The molecule has 27 heavy (non-hydrogen) atoms. The summed E-state index contributed by atoms with van der Waals surface area (Å²) < 4.78 is 27.8. The van der Waals surface area contributed by atoms with Crippen molar-refractivity contribution < 1.29 is 28.2 Å². The molecule has 8 heteroatoms. The van der Waals surface area contributed by atoms with Crippen molar-refractivity contribution >= 4 is 22.0 Å². The third-order valence-electron chi connectivity index (χ3n) is 4.18. The number of carbonyl (C=O) groups is 2. The molecule has 0 aromatic heterocycles. The fourth-order valence-electron chi connectivity index (χ4n) is 2.70. The van der Waals surface area contributed by atoms with E-state index in [1.54, 1.807) is 49.4 Å². The number of sulfonamides is 1. The molecule has 0 spiro atoms. The zero-order valence-corrected chi connectivity index (χ0v) is 15.6. The van der Waals surface area contributed by atoms with Crippen LogP contribution >= 0.6 is 0 Å². The van der Waals surface area contributed by atoms with Crippen LogP contribution < -0.4 is 4.72 Å². The lowest BCUT2D eigenvalue weighted by atomic mass is 9.87. The molecule has 1 atom stereocenters. The summed E-state index contributed by atoms with van der Waals surface area (Å²) >= 11 is 0. The lowest BCUT2D eigenvalue weighted by molar-refractivity contribution is -0.145. The molecule has 2 aromatic rings. The van der Waals surface area contributed by atoms with Gasteiger partial charge < -0.3 is 10.2 Å². The van der Waals surface area contributed by atoms with Crippen molar-refractivity contribution in [2.75, 3.05) is 0 Å².